The molecule has 2 fully saturated rings. The summed E-state index contributed by atoms with van der Waals surface area (Å²) in [5.74, 6) is 1.26. The molecule has 0 spiro atoms. The van der Waals surface area contributed by atoms with E-state index in [2.05, 4.69) is 15.3 Å². The molecule has 1 aromatic heterocycles. The van der Waals surface area contributed by atoms with E-state index in [0.717, 1.165) is 34.4 Å². The minimum atomic E-state index is -0.422. The molecular weight excluding hydrogens is 458 g/mol. The molecule has 2 N–H and O–H groups in total. The largest absolute Gasteiger partial charge is 0.493 e. The van der Waals surface area contributed by atoms with Gasteiger partial charge < -0.3 is 15.2 Å². The van der Waals surface area contributed by atoms with Crippen molar-refractivity contribution in [2.45, 2.75) is 38.1 Å². The molecular formula is C28H29N3O3S. The van der Waals surface area contributed by atoms with Gasteiger partial charge in [-0.25, -0.2) is 0 Å². The summed E-state index contributed by atoms with van der Waals surface area (Å²) in [5.41, 5.74) is 2.67. The van der Waals surface area contributed by atoms with Gasteiger partial charge in [0.2, 0.25) is 0 Å². The molecule has 3 aromatic rings. The highest BCUT2D eigenvalue weighted by atomic mass is 32.2. The third-order valence-corrected chi connectivity index (χ3v) is 7.43. The van der Waals surface area contributed by atoms with Crippen LogP contribution >= 0.6 is 11.8 Å². The second-order valence-electron chi connectivity index (χ2n) is 9.01. The number of aromatic nitrogens is 1. The van der Waals surface area contributed by atoms with Crippen LogP contribution < -0.4 is 10.1 Å². The minimum Gasteiger partial charge on any atom is -0.493 e. The van der Waals surface area contributed by atoms with Gasteiger partial charge in [-0.1, -0.05) is 55.7 Å². The van der Waals surface area contributed by atoms with Crippen molar-refractivity contribution in [2.24, 2.45) is 10.9 Å². The van der Waals surface area contributed by atoms with Crippen molar-refractivity contribution in [1.29, 1.82) is 0 Å². The lowest BCUT2D eigenvalue weighted by molar-refractivity contribution is -0.115. The van der Waals surface area contributed by atoms with Crippen molar-refractivity contribution in [3.05, 3.63) is 76.8 Å². The smallest absolute Gasteiger partial charge is 0.264 e. The van der Waals surface area contributed by atoms with Crippen molar-refractivity contribution in [2.75, 3.05) is 13.2 Å². The zero-order valence-corrected chi connectivity index (χ0v) is 20.3. The van der Waals surface area contributed by atoms with E-state index in [-0.39, 0.29) is 12.5 Å². The number of nitrogens with zero attached hydrogens (tertiary/aromatic N) is 2. The molecule has 1 saturated carbocycles. The molecule has 0 radical (unpaired) electrons. The van der Waals surface area contributed by atoms with Gasteiger partial charge in [0, 0.05) is 11.6 Å². The summed E-state index contributed by atoms with van der Waals surface area (Å²) in [4.78, 5) is 22.2. The van der Waals surface area contributed by atoms with Crippen LogP contribution in [0.15, 0.2) is 70.7 Å². The molecule has 1 saturated heterocycles. The van der Waals surface area contributed by atoms with E-state index in [1.54, 1.807) is 6.20 Å². The normalized spacial score (nSPS) is 19.9. The Morgan fingerprint density at radius 2 is 1.97 bits per heavy atom. The Labute approximate surface area is 209 Å². The van der Waals surface area contributed by atoms with Gasteiger partial charge in [0.25, 0.3) is 5.91 Å². The van der Waals surface area contributed by atoms with Crippen molar-refractivity contribution >= 4 is 39.8 Å². The number of pyridine rings is 1. The maximum absolute atomic E-state index is 12.6. The van der Waals surface area contributed by atoms with E-state index in [9.17, 15) is 9.90 Å². The van der Waals surface area contributed by atoms with Gasteiger partial charge in [0.15, 0.2) is 5.17 Å². The first-order chi connectivity index (χ1) is 17.2. The number of ether oxygens (including phenoxy) is 1. The number of nitrogens with one attached hydrogen (secondary N) is 1. The SMILES string of the molecule is O=C1NC(=N[C@@H](CO)c2ccccc2)S/C1=C\c1ccc2nccc(OCC3CCCCC3)c2c1. The number of carbonyl (C=O) groups excluding carboxylic acids is 1. The van der Waals surface area contributed by atoms with E-state index < -0.39 is 6.04 Å². The average Bonchev–Trinajstić information content (AvgIpc) is 3.25. The Morgan fingerprint density at radius 1 is 1.14 bits per heavy atom. The molecule has 180 valence electrons. The number of benzene rings is 2. The minimum absolute atomic E-state index is 0.135. The van der Waals surface area contributed by atoms with Gasteiger partial charge in [0.1, 0.15) is 11.8 Å². The Morgan fingerprint density at radius 3 is 2.77 bits per heavy atom. The van der Waals surface area contributed by atoms with Crippen molar-refractivity contribution < 1.29 is 14.6 Å². The molecule has 1 atom stereocenters. The highest BCUT2D eigenvalue weighted by Gasteiger charge is 2.25. The molecule has 0 bridgehead atoms. The van der Waals surface area contributed by atoms with Gasteiger partial charge in [-0.2, -0.15) is 0 Å². The van der Waals surface area contributed by atoms with Crippen LogP contribution in [0.25, 0.3) is 17.0 Å². The number of amidine groups is 1. The molecule has 35 heavy (non-hydrogen) atoms. The summed E-state index contributed by atoms with van der Waals surface area (Å²) >= 11 is 1.28. The van der Waals surface area contributed by atoms with Crippen LogP contribution in [-0.2, 0) is 4.79 Å². The third kappa shape index (κ3) is 5.74. The molecule has 2 heterocycles. The molecule has 1 aliphatic heterocycles. The van der Waals surface area contributed by atoms with E-state index in [1.165, 1.54) is 43.9 Å². The molecule has 1 aliphatic carbocycles. The number of rotatable bonds is 7. The first-order valence-electron chi connectivity index (χ1n) is 12.2. The van der Waals surface area contributed by atoms with Gasteiger partial charge in [-0.15, -0.1) is 0 Å². The van der Waals surface area contributed by atoms with E-state index >= 15 is 0 Å². The molecule has 0 unspecified atom stereocenters. The molecule has 2 aromatic carbocycles. The van der Waals surface area contributed by atoms with Gasteiger partial charge in [-0.05, 0) is 65.9 Å². The van der Waals surface area contributed by atoms with Crippen LogP contribution in [0.2, 0.25) is 0 Å². The molecule has 1 amide bonds. The fourth-order valence-corrected chi connectivity index (χ4v) is 5.46. The van der Waals surface area contributed by atoms with Gasteiger partial charge >= 0.3 is 0 Å². The Balaban J connectivity index is 1.34. The highest BCUT2D eigenvalue weighted by molar-refractivity contribution is 8.18. The topological polar surface area (TPSA) is 83.8 Å². The summed E-state index contributed by atoms with van der Waals surface area (Å²) in [5, 5.41) is 14.1. The first-order valence-corrected chi connectivity index (χ1v) is 13.0. The summed E-state index contributed by atoms with van der Waals surface area (Å²) < 4.78 is 6.23. The maximum Gasteiger partial charge on any atom is 0.264 e. The highest BCUT2D eigenvalue weighted by Crippen LogP contribution is 2.32. The molecule has 2 aliphatic rings. The monoisotopic (exact) mass is 487 g/mol. The molecule has 6 nitrogen and oxygen atoms in total. The summed E-state index contributed by atoms with van der Waals surface area (Å²) in [6.45, 7) is 0.597. The van der Waals surface area contributed by atoms with E-state index in [1.807, 2.05) is 60.7 Å². The van der Waals surface area contributed by atoms with Crippen molar-refractivity contribution in [3.63, 3.8) is 0 Å². The fraction of sp³-hybridized carbons (Fsp3) is 0.321. The second kappa shape index (κ2) is 11.1. The van der Waals surface area contributed by atoms with Gasteiger partial charge in [0.05, 0.1) is 23.6 Å². The zero-order valence-electron chi connectivity index (χ0n) is 19.5. The molecule has 7 heteroatoms. The second-order valence-corrected chi connectivity index (χ2v) is 10.0. The van der Waals surface area contributed by atoms with Crippen molar-refractivity contribution in [1.82, 2.24) is 10.3 Å². The van der Waals surface area contributed by atoms with E-state index in [4.69, 9.17) is 4.74 Å². The maximum atomic E-state index is 12.6. The number of aliphatic hydroxyl groups excluding tert-OH is 1. The summed E-state index contributed by atoms with van der Waals surface area (Å²) in [6.07, 6.45) is 10.0. The van der Waals surface area contributed by atoms with Crippen LogP contribution in [0.4, 0.5) is 0 Å². The number of thioether (sulfide) groups is 1. The van der Waals surface area contributed by atoms with Crippen LogP contribution in [0.5, 0.6) is 5.75 Å². The Kier molecular flexibility index (Phi) is 7.45. The predicted octanol–water partition coefficient (Wildman–Crippen LogP) is 5.49. The van der Waals surface area contributed by atoms with Crippen LogP contribution in [-0.4, -0.2) is 34.4 Å². The summed E-state index contributed by atoms with van der Waals surface area (Å²) in [6, 6.07) is 17.0. The first kappa shape index (κ1) is 23.6. The predicted molar refractivity (Wildman–Crippen MR) is 141 cm³/mol. The van der Waals surface area contributed by atoms with Crippen molar-refractivity contribution in [3.8, 4) is 5.75 Å². The fourth-order valence-electron chi connectivity index (χ4n) is 4.59. The number of fused-ring (bicyclic) bond motifs is 1. The summed E-state index contributed by atoms with van der Waals surface area (Å²) in [7, 11) is 0. The van der Waals surface area contributed by atoms with Gasteiger partial charge in [-0.3, -0.25) is 14.8 Å². The van der Waals surface area contributed by atoms with Crippen LogP contribution in [0, 0.1) is 5.92 Å². The number of aliphatic imine (C=N–C) groups is 1. The molecule has 5 rings (SSSR count). The standard InChI is InChI=1S/C28H29N3O3S/c32-17-24(21-9-5-2-6-10-21)30-28-31-27(33)26(35-28)16-20-11-12-23-22(15-20)25(13-14-29-23)34-18-19-7-3-1-4-8-19/h2,5-6,9-16,19,24,32H,1,3-4,7-8,17-18H2,(H,30,31,33)/b26-16-/t24-/m0/s1. The number of aliphatic hydroxyl groups is 1. The average molecular weight is 488 g/mol. The van der Waals surface area contributed by atoms with E-state index in [0.29, 0.717) is 16.0 Å². The number of carbonyl (C=O) groups is 1. The number of hydrogen-bond donors (Lipinski definition) is 2. The lowest BCUT2D eigenvalue weighted by Gasteiger charge is -2.22. The van der Waals surface area contributed by atoms with Crippen LogP contribution in [0.3, 0.4) is 0 Å². The Hall–Kier alpha value is -3.16. The third-order valence-electron chi connectivity index (χ3n) is 6.50. The van der Waals surface area contributed by atoms with Crippen LogP contribution in [0.1, 0.15) is 49.3 Å². The number of hydrogen-bond acceptors (Lipinski definition) is 6. The lowest BCUT2D eigenvalue weighted by Crippen LogP contribution is -2.21. The Bertz CT molecular complexity index is 1250. The lowest BCUT2D eigenvalue weighted by atomic mass is 9.90. The number of amides is 1. The zero-order chi connectivity index (χ0) is 24.0. The quantitative estimate of drug-likeness (QED) is 0.431.